The van der Waals surface area contributed by atoms with E-state index in [1.165, 1.54) is 12.6 Å². The van der Waals surface area contributed by atoms with Crippen molar-refractivity contribution >= 4 is 28.8 Å². The fourth-order valence-corrected chi connectivity index (χ4v) is 1.47. The Morgan fingerprint density at radius 2 is 2.00 bits per heavy atom. The Balaban J connectivity index is 0. The Morgan fingerprint density at radius 3 is 2.00 bits per heavy atom. The van der Waals surface area contributed by atoms with E-state index in [1.807, 2.05) is 0 Å². The molecule has 1 unspecified atom stereocenters. The molecular formula is C4H12BrN2OP. The summed E-state index contributed by atoms with van der Waals surface area (Å²) in [4.78, 5) is 9.00. The summed E-state index contributed by atoms with van der Waals surface area (Å²) in [6.45, 7) is 2.19. The van der Waals surface area contributed by atoms with Gasteiger partial charge in [0.05, 0.1) is 0 Å². The van der Waals surface area contributed by atoms with Crippen molar-refractivity contribution in [1.82, 2.24) is 0 Å². The highest BCUT2D eigenvalue weighted by Gasteiger charge is 1.69. The van der Waals surface area contributed by atoms with Crippen molar-refractivity contribution in [2.75, 3.05) is 6.16 Å². The molecule has 3 nitrogen and oxygen atoms in total. The molecule has 0 aliphatic rings. The van der Waals surface area contributed by atoms with Gasteiger partial charge in [0.1, 0.15) is 0 Å². The molecule has 0 bridgehead atoms. The molecule has 0 saturated carbocycles. The zero-order chi connectivity index (χ0) is 7.70. The van der Waals surface area contributed by atoms with Gasteiger partial charge in [0, 0.05) is 0 Å². The highest BCUT2D eigenvalue weighted by molar-refractivity contribution is 9.36. The number of carbonyl (C=O) groups excluding carboxylic acids is 1. The second kappa shape index (κ2) is 11.0. The van der Waals surface area contributed by atoms with Crippen LogP contribution in [-0.2, 0) is 0 Å². The first kappa shape index (κ1) is 11.9. The zero-order valence-electron chi connectivity index (χ0n) is 5.36. The second-order valence-electron chi connectivity index (χ2n) is 1.29. The number of hydrogen-bond donors (Lipinski definition) is 2. The van der Waals surface area contributed by atoms with Crippen LogP contribution in [-0.4, -0.2) is 12.2 Å². The third kappa shape index (κ3) is 65.7. The molecule has 0 spiro atoms. The van der Waals surface area contributed by atoms with E-state index in [9.17, 15) is 0 Å². The molecule has 9 heavy (non-hydrogen) atoms. The molecule has 0 heterocycles. The number of primary amides is 2. The molecule has 2 amide bonds. The maximum Gasteiger partial charge on any atom is 0.309 e. The maximum atomic E-state index is 9.00. The summed E-state index contributed by atoms with van der Waals surface area (Å²) in [5.74, 6) is 0. The molecule has 0 radical (unpaired) electrons. The van der Waals surface area contributed by atoms with Crippen molar-refractivity contribution in [2.24, 2.45) is 11.5 Å². The van der Waals surface area contributed by atoms with Crippen LogP contribution in [0.4, 0.5) is 4.79 Å². The van der Waals surface area contributed by atoms with Gasteiger partial charge in [-0.2, -0.15) is 0 Å². The minimum Gasteiger partial charge on any atom is -0.352 e. The average Bonchev–Trinajstić information content (AvgIpc) is 1.66. The van der Waals surface area contributed by atoms with Gasteiger partial charge in [-0.15, -0.1) is 0 Å². The van der Waals surface area contributed by atoms with Gasteiger partial charge >= 0.3 is 6.03 Å². The Bertz CT molecular complexity index is 65.6. The quantitative estimate of drug-likeness (QED) is 0.671. The van der Waals surface area contributed by atoms with Crippen LogP contribution in [0, 0.1) is 0 Å². The fraction of sp³-hybridized carbons (Fsp3) is 0.750. The lowest BCUT2D eigenvalue weighted by Gasteiger charge is -1.78. The highest BCUT2D eigenvalue weighted by atomic mass is 79.9. The van der Waals surface area contributed by atoms with E-state index in [1.54, 1.807) is 0 Å². The Morgan fingerprint density at radius 1 is 1.67 bits per heavy atom. The zero-order valence-corrected chi connectivity index (χ0v) is 7.94. The Hall–Kier alpha value is 0.180. The van der Waals surface area contributed by atoms with Gasteiger partial charge in [-0.25, -0.2) is 4.79 Å². The Kier molecular flexibility index (Phi) is 14.6. The van der Waals surface area contributed by atoms with E-state index < -0.39 is 6.03 Å². The van der Waals surface area contributed by atoms with Crippen molar-refractivity contribution in [3.63, 3.8) is 0 Å². The van der Waals surface area contributed by atoms with Crippen molar-refractivity contribution in [1.29, 1.82) is 0 Å². The van der Waals surface area contributed by atoms with Gasteiger partial charge in [0.15, 0.2) is 0 Å². The predicted octanol–water partition coefficient (Wildman–Crippen LogP) is 1.41. The van der Waals surface area contributed by atoms with Crippen molar-refractivity contribution in [3.05, 3.63) is 0 Å². The number of halogens is 1. The minimum absolute atomic E-state index is 0.833. The molecule has 0 aliphatic carbocycles. The van der Waals surface area contributed by atoms with Gasteiger partial charge in [-0.05, 0) is 6.16 Å². The SMILES string of the molecule is CCCPBr.NC(N)=O. The molecule has 0 aromatic rings. The van der Waals surface area contributed by atoms with E-state index in [0.717, 1.165) is 7.28 Å². The van der Waals surface area contributed by atoms with Gasteiger partial charge in [0.25, 0.3) is 0 Å². The lowest BCUT2D eigenvalue weighted by atomic mass is 10.6. The van der Waals surface area contributed by atoms with Crippen molar-refractivity contribution in [2.45, 2.75) is 13.3 Å². The van der Waals surface area contributed by atoms with Gasteiger partial charge in [-0.3, -0.25) is 0 Å². The smallest absolute Gasteiger partial charge is 0.309 e. The van der Waals surface area contributed by atoms with Crippen LogP contribution < -0.4 is 11.5 Å². The topological polar surface area (TPSA) is 69.1 Å². The number of amides is 2. The first-order valence-electron chi connectivity index (χ1n) is 2.53. The summed E-state index contributed by atoms with van der Waals surface area (Å²) in [5, 5.41) is 0. The van der Waals surface area contributed by atoms with Crippen molar-refractivity contribution < 1.29 is 4.79 Å². The van der Waals surface area contributed by atoms with Gasteiger partial charge < -0.3 is 11.5 Å². The van der Waals surface area contributed by atoms with Crippen LogP contribution in [0.1, 0.15) is 13.3 Å². The summed E-state index contributed by atoms with van der Waals surface area (Å²) >= 11 is 3.34. The van der Waals surface area contributed by atoms with Crippen LogP contribution >= 0.6 is 22.8 Å². The molecule has 56 valence electrons. The predicted molar refractivity (Wildman–Crippen MR) is 46.2 cm³/mol. The third-order valence-corrected chi connectivity index (χ3v) is 2.22. The van der Waals surface area contributed by atoms with Gasteiger partial charge in [0.2, 0.25) is 0 Å². The summed E-state index contributed by atoms with van der Waals surface area (Å²) in [6.07, 6.45) is 2.64. The summed E-state index contributed by atoms with van der Waals surface area (Å²) in [7, 11) is 0.970. The second-order valence-corrected chi connectivity index (χ2v) is 3.74. The summed E-state index contributed by atoms with van der Waals surface area (Å²) in [6, 6.07) is -0.833. The molecule has 0 aromatic heterocycles. The molecule has 0 aliphatic heterocycles. The first-order chi connectivity index (χ1) is 4.15. The van der Waals surface area contributed by atoms with Crippen LogP contribution in [0.15, 0.2) is 0 Å². The number of hydrogen-bond acceptors (Lipinski definition) is 1. The van der Waals surface area contributed by atoms with E-state index in [2.05, 4.69) is 33.9 Å². The molecule has 4 N–H and O–H groups in total. The average molecular weight is 215 g/mol. The van der Waals surface area contributed by atoms with Crippen molar-refractivity contribution in [3.8, 4) is 0 Å². The van der Waals surface area contributed by atoms with Crippen LogP contribution in [0.25, 0.3) is 0 Å². The molecular weight excluding hydrogens is 203 g/mol. The third-order valence-electron chi connectivity index (χ3n) is 0.344. The van der Waals surface area contributed by atoms with Crippen LogP contribution in [0.3, 0.4) is 0 Å². The van der Waals surface area contributed by atoms with Crippen LogP contribution in [0.5, 0.6) is 0 Å². The molecule has 1 atom stereocenters. The standard InChI is InChI=1S/C3H8BrP.CH4N2O/c1-2-3-5-4;2-1(3)4/h5H,2-3H2,1H3;(H4,2,3,4). The number of rotatable bonds is 2. The largest absolute Gasteiger partial charge is 0.352 e. The number of carbonyl (C=O) groups is 1. The van der Waals surface area contributed by atoms with E-state index in [0.29, 0.717) is 0 Å². The normalized spacial score (nSPS) is 8.67. The van der Waals surface area contributed by atoms with E-state index in [4.69, 9.17) is 4.79 Å². The number of urea groups is 1. The molecule has 5 heteroatoms. The number of nitrogens with two attached hydrogens (primary N) is 2. The molecule has 0 aromatic carbocycles. The Labute approximate surface area is 65.1 Å². The van der Waals surface area contributed by atoms with E-state index >= 15 is 0 Å². The summed E-state index contributed by atoms with van der Waals surface area (Å²) < 4.78 is 0. The first-order valence-corrected chi connectivity index (χ1v) is 6.00. The molecule has 0 rings (SSSR count). The molecule has 0 fully saturated rings. The monoisotopic (exact) mass is 214 g/mol. The van der Waals surface area contributed by atoms with Crippen LogP contribution in [0.2, 0.25) is 0 Å². The fourth-order valence-electron chi connectivity index (χ4n) is 0.0945. The lowest BCUT2D eigenvalue weighted by molar-refractivity contribution is 0.256. The minimum atomic E-state index is -0.833. The van der Waals surface area contributed by atoms with E-state index in [-0.39, 0.29) is 0 Å². The lowest BCUT2D eigenvalue weighted by Crippen LogP contribution is -2.18. The highest BCUT2D eigenvalue weighted by Crippen LogP contribution is 2.18. The maximum absolute atomic E-state index is 9.00. The summed E-state index contributed by atoms with van der Waals surface area (Å²) in [5.41, 5.74) is 8.50. The van der Waals surface area contributed by atoms with Gasteiger partial charge in [-0.1, -0.05) is 36.1 Å². The molecule has 0 saturated heterocycles.